The normalized spacial score (nSPS) is 10.1. The molecule has 0 fully saturated rings. The van der Waals surface area contributed by atoms with Crippen molar-refractivity contribution in [3.63, 3.8) is 0 Å². The van der Waals surface area contributed by atoms with E-state index in [-0.39, 0.29) is 11.7 Å². The number of halogens is 5. The zero-order valence-electron chi connectivity index (χ0n) is 8.79. The second-order valence-electron chi connectivity index (χ2n) is 3.07. The molecule has 0 heterocycles. The van der Waals surface area contributed by atoms with Crippen molar-refractivity contribution in [1.29, 1.82) is 0 Å². The second kappa shape index (κ2) is 5.76. The summed E-state index contributed by atoms with van der Waals surface area (Å²) in [6.07, 6.45) is 1.40. The molecule has 0 radical (unpaired) electrons. The molecule has 0 aromatic heterocycles. The summed E-state index contributed by atoms with van der Waals surface area (Å²) >= 11 is 4.60. The number of thiocarbonyl (C=S) groups is 1. The lowest BCUT2D eigenvalue weighted by Crippen LogP contribution is -2.29. The summed E-state index contributed by atoms with van der Waals surface area (Å²) in [6.45, 7) is 3.51. The molecular weight excluding hydrogens is 275 g/mol. The van der Waals surface area contributed by atoms with Crippen molar-refractivity contribution in [2.75, 3.05) is 11.9 Å². The predicted octanol–water partition coefficient (Wildman–Crippen LogP) is 2.85. The maximum absolute atomic E-state index is 13.2. The fourth-order valence-corrected chi connectivity index (χ4v) is 1.22. The number of anilines is 1. The highest BCUT2D eigenvalue weighted by molar-refractivity contribution is 7.80. The van der Waals surface area contributed by atoms with Crippen LogP contribution in [0, 0.1) is 29.1 Å². The van der Waals surface area contributed by atoms with Crippen LogP contribution < -0.4 is 10.6 Å². The fourth-order valence-electron chi connectivity index (χ4n) is 1.04. The van der Waals surface area contributed by atoms with Crippen LogP contribution in [0.5, 0.6) is 0 Å². The van der Waals surface area contributed by atoms with Crippen LogP contribution in [0.25, 0.3) is 0 Å². The van der Waals surface area contributed by atoms with E-state index in [1.165, 1.54) is 6.08 Å². The van der Waals surface area contributed by atoms with Crippen molar-refractivity contribution in [2.45, 2.75) is 0 Å². The molecule has 0 unspecified atom stereocenters. The first-order chi connectivity index (χ1) is 8.40. The highest BCUT2D eigenvalue weighted by Gasteiger charge is 2.26. The third-order valence-corrected chi connectivity index (χ3v) is 2.10. The molecule has 98 valence electrons. The molecule has 0 aliphatic carbocycles. The quantitative estimate of drug-likeness (QED) is 0.293. The molecule has 0 bridgehead atoms. The van der Waals surface area contributed by atoms with Crippen LogP contribution in [-0.4, -0.2) is 11.7 Å². The largest absolute Gasteiger partial charge is 0.359 e. The smallest absolute Gasteiger partial charge is 0.200 e. The lowest BCUT2D eigenvalue weighted by molar-refractivity contribution is 0.382. The lowest BCUT2D eigenvalue weighted by Gasteiger charge is -2.12. The summed E-state index contributed by atoms with van der Waals surface area (Å²) in [5, 5.41) is 4.02. The third-order valence-electron chi connectivity index (χ3n) is 1.86. The monoisotopic (exact) mass is 282 g/mol. The molecule has 0 spiro atoms. The van der Waals surface area contributed by atoms with E-state index in [0.717, 1.165) is 0 Å². The fraction of sp³-hybridized carbons (Fsp3) is 0.100. The number of nitrogens with one attached hydrogen (secondary N) is 2. The van der Waals surface area contributed by atoms with Gasteiger partial charge in [-0.2, -0.15) is 0 Å². The van der Waals surface area contributed by atoms with Gasteiger partial charge in [-0.05, 0) is 12.2 Å². The van der Waals surface area contributed by atoms with Gasteiger partial charge in [0.05, 0.1) is 0 Å². The van der Waals surface area contributed by atoms with Gasteiger partial charge in [0.15, 0.2) is 28.4 Å². The number of hydrogen-bond acceptors (Lipinski definition) is 1. The number of benzene rings is 1. The third kappa shape index (κ3) is 2.76. The van der Waals surface area contributed by atoms with Crippen LogP contribution in [-0.2, 0) is 0 Å². The predicted molar refractivity (Wildman–Crippen MR) is 60.7 cm³/mol. The summed E-state index contributed by atoms with van der Waals surface area (Å²) < 4.78 is 64.8. The summed E-state index contributed by atoms with van der Waals surface area (Å²) in [6, 6.07) is 0. The Morgan fingerprint density at radius 3 is 1.89 bits per heavy atom. The molecule has 0 saturated carbocycles. The summed E-state index contributed by atoms with van der Waals surface area (Å²) in [5.74, 6) is -10.3. The van der Waals surface area contributed by atoms with Crippen LogP contribution >= 0.6 is 12.2 Å². The Morgan fingerprint density at radius 1 is 1.00 bits per heavy atom. The van der Waals surface area contributed by atoms with Gasteiger partial charge < -0.3 is 10.6 Å². The van der Waals surface area contributed by atoms with Gasteiger partial charge in [0.25, 0.3) is 0 Å². The van der Waals surface area contributed by atoms with E-state index in [0.29, 0.717) is 0 Å². The molecule has 18 heavy (non-hydrogen) atoms. The van der Waals surface area contributed by atoms with Crippen LogP contribution in [0.3, 0.4) is 0 Å². The van der Waals surface area contributed by atoms with Gasteiger partial charge in [0.1, 0.15) is 5.69 Å². The van der Waals surface area contributed by atoms with Gasteiger partial charge in [-0.15, -0.1) is 6.58 Å². The summed E-state index contributed by atoms with van der Waals surface area (Å²) in [5.41, 5.74) is -1.20. The van der Waals surface area contributed by atoms with E-state index in [9.17, 15) is 22.0 Å². The summed E-state index contributed by atoms with van der Waals surface area (Å²) in [7, 11) is 0. The molecule has 0 atom stereocenters. The molecule has 0 amide bonds. The van der Waals surface area contributed by atoms with Gasteiger partial charge in [0.2, 0.25) is 5.82 Å². The Balaban J connectivity index is 3.10. The Morgan fingerprint density at radius 2 is 1.44 bits per heavy atom. The van der Waals surface area contributed by atoms with E-state index in [1.807, 2.05) is 5.32 Å². The van der Waals surface area contributed by atoms with Crippen LogP contribution in [0.2, 0.25) is 0 Å². The van der Waals surface area contributed by atoms with Crippen molar-refractivity contribution in [1.82, 2.24) is 5.32 Å². The van der Waals surface area contributed by atoms with E-state index in [1.54, 1.807) is 0 Å². The molecule has 1 rings (SSSR count). The maximum atomic E-state index is 13.2. The Hall–Kier alpha value is -1.70. The standard InChI is InChI=1S/C10H7F5N2S/c1-2-3-16-10(18)17-9-7(14)5(12)4(11)6(13)8(9)15/h2H,1,3H2,(H2,16,17,18). The zero-order chi connectivity index (χ0) is 13.9. The van der Waals surface area contributed by atoms with Gasteiger partial charge in [-0.3, -0.25) is 0 Å². The zero-order valence-corrected chi connectivity index (χ0v) is 9.61. The van der Waals surface area contributed by atoms with Crippen LogP contribution in [0.1, 0.15) is 0 Å². The van der Waals surface area contributed by atoms with Crippen molar-refractivity contribution in [2.24, 2.45) is 0 Å². The van der Waals surface area contributed by atoms with Gasteiger partial charge in [-0.1, -0.05) is 6.08 Å². The van der Waals surface area contributed by atoms with Gasteiger partial charge >= 0.3 is 0 Å². The average molecular weight is 282 g/mol. The van der Waals surface area contributed by atoms with Crippen molar-refractivity contribution in [3.05, 3.63) is 41.7 Å². The minimum Gasteiger partial charge on any atom is -0.359 e. The topological polar surface area (TPSA) is 24.1 Å². The first-order valence-electron chi connectivity index (χ1n) is 4.57. The van der Waals surface area contributed by atoms with E-state index in [4.69, 9.17) is 0 Å². The Labute approximate surface area is 104 Å². The van der Waals surface area contributed by atoms with E-state index >= 15 is 0 Å². The highest BCUT2D eigenvalue weighted by Crippen LogP contribution is 2.26. The molecule has 0 aliphatic rings. The van der Waals surface area contributed by atoms with Crippen molar-refractivity contribution < 1.29 is 22.0 Å². The Bertz CT molecular complexity index is 475. The first-order valence-corrected chi connectivity index (χ1v) is 4.98. The van der Waals surface area contributed by atoms with Gasteiger partial charge in [0, 0.05) is 6.54 Å². The minimum absolute atomic E-state index is 0.168. The lowest BCUT2D eigenvalue weighted by atomic mass is 10.2. The molecule has 8 heteroatoms. The molecule has 0 aliphatic heterocycles. The molecule has 0 saturated heterocycles. The van der Waals surface area contributed by atoms with E-state index < -0.39 is 34.8 Å². The van der Waals surface area contributed by atoms with Crippen LogP contribution in [0.15, 0.2) is 12.7 Å². The molecule has 2 nitrogen and oxygen atoms in total. The van der Waals surface area contributed by atoms with Crippen LogP contribution in [0.4, 0.5) is 27.6 Å². The van der Waals surface area contributed by atoms with E-state index in [2.05, 4.69) is 24.1 Å². The number of rotatable bonds is 3. The van der Waals surface area contributed by atoms with Crippen molar-refractivity contribution >= 4 is 23.0 Å². The SMILES string of the molecule is C=CCNC(=S)Nc1c(F)c(F)c(F)c(F)c1F. The maximum Gasteiger partial charge on any atom is 0.200 e. The summed E-state index contributed by atoms with van der Waals surface area (Å²) in [4.78, 5) is 0. The molecular formula is C10H7F5N2S. The average Bonchev–Trinajstić information content (AvgIpc) is 2.36. The van der Waals surface area contributed by atoms with Crippen molar-refractivity contribution in [3.8, 4) is 0 Å². The second-order valence-corrected chi connectivity index (χ2v) is 3.48. The Kier molecular flexibility index (Phi) is 4.60. The number of hydrogen-bond donors (Lipinski definition) is 2. The first kappa shape index (κ1) is 14.4. The molecule has 2 N–H and O–H groups in total. The van der Waals surface area contributed by atoms with Gasteiger partial charge in [-0.25, -0.2) is 22.0 Å². The minimum atomic E-state index is -2.22. The molecule has 1 aromatic carbocycles. The highest BCUT2D eigenvalue weighted by atomic mass is 32.1. The molecule has 1 aromatic rings.